The number of aryl methyl sites for hydroxylation is 1. The Morgan fingerprint density at radius 2 is 1.90 bits per heavy atom. The van der Waals surface area contributed by atoms with Crippen molar-refractivity contribution in [2.45, 2.75) is 59.1 Å². The van der Waals surface area contributed by atoms with Crippen LogP contribution in [0.2, 0.25) is 0 Å². The Labute approximate surface area is 172 Å². The fourth-order valence-corrected chi connectivity index (χ4v) is 4.84. The van der Waals surface area contributed by atoms with Crippen LogP contribution in [0.25, 0.3) is 5.65 Å². The van der Waals surface area contributed by atoms with E-state index in [0.717, 1.165) is 17.0 Å². The van der Waals surface area contributed by atoms with Crippen molar-refractivity contribution in [3.63, 3.8) is 0 Å². The van der Waals surface area contributed by atoms with E-state index >= 15 is 0 Å². The lowest BCUT2D eigenvalue weighted by Crippen LogP contribution is -2.46. The molecular weight excluding hydrogens is 368 g/mol. The Kier molecular flexibility index (Phi) is 4.76. The summed E-state index contributed by atoms with van der Waals surface area (Å²) in [4.78, 5) is 19.6. The number of imidazole rings is 1. The number of nitrogens with zero attached hydrogens (tertiary/aromatic N) is 3. The molecule has 1 unspecified atom stereocenters. The number of likely N-dealkylation sites (tertiary alicyclic amines) is 1. The predicted octanol–water partition coefficient (Wildman–Crippen LogP) is 2.26. The van der Waals surface area contributed by atoms with Crippen LogP contribution in [0.5, 0.6) is 0 Å². The van der Waals surface area contributed by atoms with Crippen molar-refractivity contribution in [1.82, 2.24) is 19.6 Å². The van der Waals surface area contributed by atoms with Gasteiger partial charge in [0.1, 0.15) is 5.65 Å². The van der Waals surface area contributed by atoms with E-state index < -0.39 is 17.6 Å². The standard InChI is InChI=1S/C22H32N4O3/c1-13-18(26-10-8-7-9-16(26)23-13)22(5,6)24-19(27)17-14-11-25(12-15(14)17)20(28)29-21(2,3)4/h7-10,14-15,17,20,28H,11-12H2,1-6H3,(H,24,27)/t14-,15+,17+,20?. The summed E-state index contributed by atoms with van der Waals surface area (Å²) in [5.41, 5.74) is 1.87. The number of rotatable bonds is 5. The molecule has 7 nitrogen and oxygen atoms in total. The summed E-state index contributed by atoms with van der Waals surface area (Å²) in [6.45, 7) is 13.2. The highest BCUT2D eigenvalue weighted by molar-refractivity contribution is 5.83. The molecule has 4 atom stereocenters. The molecule has 3 heterocycles. The monoisotopic (exact) mass is 400 g/mol. The molecule has 2 aromatic rings. The van der Waals surface area contributed by atoms with E-state index in [1.165, 1.54) is 0 Å². The van der Waals surface area contributed by atoms with Crippen molar-refractivity contribution < 1.29 is 14.6 Å². The molecule has 7 heteroatoms. The smallest absolute Gasteiger partial charge is 0.224 e. The third kappa shape index (κ3) is 3.79. The number of aliphatic hydroxyl groups is 1. The second-order valence-electron chi connectivity index (χ2n) is 9.95. The molecule has 1 saturated heterocycles. The summed E-state index contributed by atoms with van der Waals surface area (Å²) in [5.74, 6) is 0.660. The van der Waals surface area contributed by atoms with Gasteiger partial charge in [0.05, 0.1) is 22.5 Å². The molecule has 1 aliphatic carbocycles. The van der Waals surface area contributed by atoms with Crippen LogP contribution in [0.4, 0.5) is 0 Å². The average Bonchev–Trinajstić information content (AvgIpc) is 2.94. The quantitative estimate of drug-likeness (QED) is 0.753. The normalized spacial score (nSPS) is 25.8. The van der Waals surface area contributed by atoms with Crippen LogP contribution >= 0.6 is 0 Å². The number of carbonyl (C=O) groups is 1. The zero-order chi connectivity index (χ0) is 21.1. The Hall–Kier alpha value is -1.96. The van der Waals surface area contributed by atoms with Crippen LogP contribution in [-0.2, 0) is 15.1 Å². The first kappa shape index (κ1) is 20.3. The van der Waals surface area contributed by atoms with Gasteiger partial charge in [0, 0.05) is 25.2 Å². The number of ether oxygens (including phenoxy) is 1. The number of aliphatic hydroxyl groups excluding tert-OH is 1. The van der Waals surface area contributed by atoms with Gasteiger partial charge >= 0.3 is 0 Å². The number of hydrogen-bond acceptors (Lipinski definition) is 5. The van der Waals surface area contributed by atoms with Crippen molar-refractivity contribution in [2.75, 3.05) is 13.1 Å². The summed E-state index contributed by atoms with van der Waals surface area (Å²) < 4.78 is 7.69. The summed E-state index contributed by atoms with van der Waals surface area (Å²) >= 11 is 0. The van der Waals surface area contributed by atoms with E-state index in [9.17, 15) is 9.90 Å². The van der Waals surface area contributed by atoms with E-state index in [4.69, 9.17) is 4.74 Å². The number of carbonyl (C=O) groups excluding carboxylic acids is 1. The van der Waals surface area contributed by atoms with E-state index in [1.807, 2.05) is 75.2 Å². The van der Waals surface area contributed by atoms with Crippen LogP contribution in [0.15, 0.2) is 24.4 Å². The number of pyridine rings is 1. The van der Waals surface area contributed by atoms with Gasteiger partial charge in [-0.2, -0.15) is 0 Å². The zero-order valence-electron chi connectivity index (χ0n) is 18.1. The fraction of sp³-hybridized carbons (Fsp3) is 0.636. The predicted molar refractivity (Wildman–Crippen MR) is 110 cm³/mol. The Bertz CT molecular complexity index is 918. The van der Waals surface area contributed by atoms with Crippen molar-refractivity contribution >= 4 is 11.6 Å². The molecule has 2 aliphatic rings. The third-order valence-electron chi connectivity index (χ3n) is 6.03. The van der Waals surface area contributed by atoms with Gasteiger partial charge in [-0.1, -0.05) is 6.07 Å². The lowest BCUT2D eigenvalue weighted by molar-refractivity contribution is -0.236. The maximum Gasteiger partial charge on any atom is 0.224 e. The van der Waals surface area contributed by atoms with E-state index in [0.29, 0.717) is 13.1 Å². The summed E-state index contributed by atoms with van der Waals surface area (Å²) in [6.07, 6.45) is 1.07. The topological polar surface area (TPSA) is 79.1 Å². The molecule has 158 valence electrons. The minimum atomic E-state index is -0.913. The maximum atomic E-state index is 13.0. The molecule has 0 bridgehead atoms. The second-order valence-corrected chi connectivity index (χ2v) is 9.95. The van der Waals surface area contributed by atoms with Gasteiger partial charge in [0.25, 0.3) is 0 Å². The molecule has 29 heavy (non-hydrogen) atoms. The molecule has 2 fully saturated rings. The molecule has 1 amide bonds. The van der Waals surface area contributed by atoms with E-state index in [1.54, 1.807) is 0 Å². The molecule has 2 N–H and O–H groups in total. The van der Waals surface area contributed by atoms with E-state index in [-0.39, 0.29) is 23.7 Å². The number of piperidine rings is 1. The molecule has 0 aromatic carbocycles. The number of hydrogen-bond donors (Lipinski definition) is 2. The third-order valence-corrected chi connectivity index (χ3v) is 6.03. The largest absolute Gasteiger partial charge is 0.356 e. The van der Waals surface area contributed by atoms with Gasteiger partial charge in [-0.05, 0) is 65.5 Å². The second kappa shape index (κ2) is 6.79. The Morgan fingerprint density at radius 1 is 1.24 bits per heavy atom. The first-order valence-corrected chi connectivity index (χ1v) is 10.3. The Balaban J connectivity index is 1.41. The van der Waals surface area contributed by atoms with Gasteiger partial charge in [0.2, 0.25) is 12.3 Å². The molecule has 1 saturated carbocycles. The fourth-order valence-electron chi connectivity index (χ4n) is 4.84. The highest BCUT2D eigenvalue weighted by Gasteiger charge is 2.60. The summed E-state index contributed by atoms with van der Waals surface area (Å²) in [6, 6.07) is 5.91. The van der Waals surface area contributed by atoms with E-state index in [2.05, 4.69) is 10.3 Å². The number of fused-ring (bicyclic) bond motifs is 2. The number of nitrogens with one attached hydrogen (secondary N) is 1. The van der Waals surface area contributed by atoms with Gasteiger partial charge in [-0.3, -0.25) is 9.69 Å². The van der Waals surface area contributed by atoms with Gasteiger partial charge in [-0.25, -0.2) is 4.98 Å². The van der Waals surface area contributed by atoms with Crippen molar-refractivity contribution in [1.29, 1.82) is 0 Å². The molecule has 1 aliphatic heterocycles. The summed E-state index contributed by atoms with van der Waals surface area (Å²) in [7, 11) is 0. The first-order valence-electron chi connectivity index (χ1n) is 10.3. The summed E-state index contributed by atoms with van der Waals surface area (Å²) in [5, 5.41) is 13.5. The van der Waals surface area contributed by atoms with Crippen LogP contribution in [0, 0.1) is 24.7 Å². The van der Waals surface area contributed by atoms with Gasteiger partial charge < -0.3 is 19.6 Å². The zero-order valence-corrected chi connectivity index (χ0v) is 18.1. The highest BCUT2D eigenvalue weighted by atomic mass is 16.6. The lowest BCUT2D eigenvalue weighted by Gasteiger charge is -2.31. The van der Waals surface area contributed by atoms with Crippen LogP contribution < -0.4 is 5.32 Å². The van der Waals surface area contributed by atoms with Crippen molar-refractivity contribution in [3.8, 4) is 0 Å². The van der Waals surface area contributed by atoms with Gasteiger partial charge in [-0.15, -0.1) is 0 Å². The molecule has 0 radical (unpaired) electrons. The SMILES string of the molecule is Cc1nc2ccccn2c1C(C)(C)NC(=O)[C@H]1[C@@H]2CN(C(O)OC(C)(C)C)C[C@@H]21. The van der Waals surface area contributed by atoms with Crippen molar-refractivity contribution in [3.05, 3.63) is 35.8 Å². The lowest BCUT2D eigenvalue weighted by atomic mass is 9.98. The molecular formula is C22H32N4O3. The van der Waals surface area contributed by atoms with Crippen molar-refractivity contribution in [2.24, 2.45) is 17.8 Å². The highest BCUT2D eigenvalue weighted by Crippen LogP contribution is 2.52. The molecule has 0 spiro atoms. The molecule has 4 rings (SSSR count). The number of aromatic nitrogens is 2. The minimum Gasteiger partial charge on any atom is -0.356 e. The van der Waals surface area contributed by atoms with Crippen LogP contribution in [0.1, 0.15) is 46.0 Å². The minimum absolute atomic E-state index is 0.00635. The van der Waals surface area contributed by atoms with Gasteiger partial charge in [0.15, 0.2) is 0 Å². The number of amides is 1. The Morgan fingerprint density at radius 3 is 2.52 bits per heavy atom. The van der Waals surface area contributed by atoms with Crippen LogP contribution in [-0.4, -0.2) is 50.4 Å². The average molecular weight is 401 g/mol. The van der Waals surface area contributed by atoms with Crippen LogP contribution in [0.3, 0.4) is 0 Å². The first-order chi connectivity index (χ1) is 13.5. The maximum absolute atomic E-state index is 13.0. The molecule has 2 aromatic heterocycles.